The number of anilines is 2. The minimum absolute atomic E-state index is 0.102. The number of rotatable bonds is 7. The van der Waals surface area contributed by atoms with Crippen molar-refractivity contribution in [2.45, 2.75) is 63.7 Å². The molecule has 0 saturated carbocycles. The van der Waals surface area contributed by atoms with Gasteiger partial charge >= 0.3 is 18.4 Å². The molecule has 2 amide bonds. The molecule has 0 unspecified atom stereocenters. The predicted molar refractivity (Wildman–Crippen MR) is 239 cm³/mol. The largest absolute Gasteiger partial charge is 0.444 e. The van der Waals surface area contributed by atoms with Gasteiger partial charge in [-0.3, -0.25) is 24.4 Å². The summed E-state index contributed by atoms with van der Waals surface area (Å²) in [4.78, 5) is 70.2. The molecule has 0 spiro atoms. The van der Waals surface area contributed by atoms with Gasteiger partial charge in [-0.1, -0.05) is 6.58 Å². The topological polar surface area (TPSA) is 169 Å². The normalized spacial score (nSPS) is 16.5. The van der Waals surface area contributed by atoms with E-state index in [4.69, 9.17) is 4.74 Å². The lowest BCUT2D eigenvalue weighted by molar-refractivity contribution is -0.138. The highest BCUT2D eigenvalue weighted by Gasteiger charge is 2.33. The number of hydrogen-bond donors (Lipinski definition) is 2. The summed E-state index contributed by atoms with van der Waals surface area (Å²) < 4.78 is 85.7. The minimum Gasteiger partial charge on any atom is -0.444 e. The number of aromatic nitrogens is 6. The summed E-state index contributed by atoms with van der Waals surface area (Å²) in [7, 11) is 3.21. The number of nitrogens with one attached hydrogen (secondary N) is 2. The molecule has 2 saturated heterocycles. The SMILES string of the molecule is C=CC(=O)N1CC[C@H](Nc2ncc(-c3ccc(C(F)(F)F)cn3)c3ccn(C)c(=O)c23)C1.Cn1ccc2c(-c3ccc(C(F)(F)F)cn3)cnc(N[C@H]3CCN(C(=O)OC(C)(C)C)C3)c2c1=O. The summed E-state index contributed by atoms with van der Waals surface area (Å²) in [5, 5.41) is 8.15. The number of carbonyl (C=O) groups excluding carboxylic acids is 2. The Morgan fingerprint density at radius 2 is 1.10 bits per heavy atom. The van der Waals surface area contributed by atoms with Crippen LogP contribution in [0.15, 0.2) is 95.8 Å². The van der Waals surface area contributed by atoms with Crippen LogP contribution >= 0.6 is 0 Å². The van der Waals surface area contributed by atoms with E-state index in [1.54, 1.807) is 69.2 Å². The zero-order valence-corrected chi connectivity index (χ0v) is 37.0. The van der Waals surface area contributed by atoms with Gasteiger partial charge in [0.25, 0.3) is 11.1 Å². The van der Waals surface area contributed by atoms with E-state index in [1.807, 2.05) is 0 Å². The fraction of sp³-hybridized carbons (Fsp3) is 0.348. The molecule has 2 fully saturated rings. The van der Waals surface area contributed by atoms with E-state index in [-0.39, 0.29) is 40.5 Å². The molecular formula is C46H46F6N10O5. The zero-order valence-electron chi connectivity index (χ0n) is 37.0. The van der Waals surface area contributed by atoms with Crippen molar-refractivity contribution < 1.29 is 40.7 Å². The van der Waals surface area contributed by atoms with E-state index < -0.39 is 35.2 Å². The average molecular weight is 933 g/mol. The second-order valence-electron chi connectivity index (χ2n) is 17.1. The van der Waals surface area contributed by atoms with Crippen molar-refractivity contribution in [2.24, 2.45) is 14.1 Å². The lowest BCUT2D eigenvalue weighted by atomic mass is 10.0. The van der Waals surface area contributed by atoms with Crippen molar-refractivity contribution in [2.75, 3.05) is 36.8 Å². The average Bonchev–Trinajstić information content (AvgIpc) is 3.95. The Labute approximate surface area is 379 Å². The standard InChI is InChI=1S/C24H26F3N5O3.C22H20F3N5O2/c1-23(2,3)35-22(34)32-10-7-15(13-32)30-20-19-16(8-9-31(4)21(19)33)17(12-29-20)18-6-5-14(11-28-18)24(25,26)27;1-3-18(31)30-9-6-14(12-30)28-20-19-15(7-8-29(2)21(19)32)16(11-27-20)17-5-4-13(10-26-17)22(23,24)25/h5-6,8-9,11-12,15H,7,10,13H2,1-4H3,(H,29,30);3-5,7-8,10-11,14H,1,6,9,12H2,2H3,(H,27,28)/t15-;14-/m00/s1. The molecule has 21 heteroatoms. The number of ether oxygens (including phenoxy) is 1. The summed E-state index contributed by atoms with van der Waals surface area (Å²) in [5.41, 5.74) is -1.49. The Bertz CT molecular complexity index is 2970. The highest BCUT2D eigenvalue weighted by atomic mass is 19.4. The zero-order chi connectivity index (χ0) is 48.6. The number of halogens is 6. The molecule has 2 N–H and O–H groups in total. The third kappa shape index (κ3) is 10.5. The first-order chi connectivity index (χ1) is 31.5. The van der Waals surface area contributed by atoms with Crippen LogP contribution in [-0.4, -0.2) is 94.7 Å². The molecule has 352 valence electrons. The van der Waals surface area contributed by atoms with Gasteiger partial charge in [0.05, 0.1) is 33.3 Å². The highest BCUT2D eigenvalue weighted by Crippen LogP contribution is 2.35. The van der Waals surface area contributed by atoms with Crippen molar-refractivity contribution >= 4 is 45.2 Å². The molecule has 0 bridgehead atoms. The number of aryl methyl sites for hydroxylation is 2. The fourth-order valence-corrected chi connectivity index (χ4v) is 7.72. The van der Waals surface area contributed by atoms with E-state index in [9.17, 15) is 45.5 Å². The van der Waals surface area contributed by atoms with E-state index in [2.05, 4.69) is 37.1 Å². The van der Waals surface area contributed by atoms with Crippen LogP contribution in [0.1, 0.15) is 44.7 Å². The van der Waals surface area contributed by atoms with Crippen LogP contribution in [-0.2, 0) is 36.0 Å². The Balaban J connectivity index is 0.000000200. The quantitative estimate of drug-likeness (QED) is 0.119. The Kier molecular flexibility index (Phi) is 13.2. The fourth-order valence-electron chi connectivity index (χ4n) is 7.72. The molecule has 15 nitrogen and oxygen atoms in total. The van der Waals surface area contributed by atoms with Crippen molar-refractivity contribution in [3.8, 4) is 22.5 Å². The maximum Gasteiger partial charge on any atom is 0.417 e. The van der Waals surface area contributed by atoms with Gasteiger partial charge in [0.1, 0.15) is 17.2 Å². The monoisotopic (exact) mass is 932 g/mol. The summed E-state index contributed by atoms with van der Waals surface area (Å²) in [6, 6.07) is 7.59. The predicted octanol–water partition coefficient (Wildman–Crippen LogP) is 7.65. The first-order valence-corrected chi connectivity index (χ1v) is 21.0. The molecule has 0 aliphatic carbocycles. The summed E-state index contributed by atoms with van der Waals surface area (Å²) >= 11 is 0. The molecular weight excluding hydrogens is 887 g/mol. The summed E-state index contributed by atoms with van der Waals surface area (Å²) in [5.74, 6) is 0.537. The lowest BCUT2D eigenvalue weighted by Gasteiger charge is -2.24. The van der Waals surface area contributed by atoms with Gasteiger partial charge in [0.2, 0.25) is 5.91 Å². The Morgan fingerprint density at radius 3 is 1.49 bits per heavy atom. The third-order valence-electron chi connectivity index (χ3n) is 11.2. The van der Waals surface area contributed by atoms with Gasteiger partial charge < -0.3 is 34.3 Å². The van der Waals surface area contributed by atoms with Crippen molar-refractivity contribution in [1.29, 1.82) is 0 Å². The summed E-state index contributed by atoms with van der Waals surface area (Å²) in [6.45, 7) is 10.8. The first-order valence-electron chi connectivity index (χ1n) is 21.0. The maximum atomic E-state index is 13.1. The molecule has 2 aliphatic rings. The van der Waals surface area contributed by atoms with Crippen LogP contribution in [0.4, 0.5) is 42.8 Å². The van der Waals surface area contributed by atoms with Crippen molar-refractivity contribution in [3.05, 3.63) is 118 Å². The van der Waals surface area contributed by atoms with Crippen molar-refractivity contribution in [1.82, 2.24) is 38.9 Å². The molecule has 67 heavy (non-hydrogen) atoms. The second kappa shape index (κ2) is 18.5. The number of pyridine rings is 6. The van der Waals surface area contributed by atoms with E-state index >= 15 is 0 Å². The van der Waals surface area contributed by atoms with Crippen LogP contribution in [0.5, 0.6) is 0 Å². The smallest absolute Gasteiger partial charge is 0.417 e. The number of likely N-dealkylation sites (tertiary alicyclic amines) is 2. The van der Waals surface area contributed by atoms with Gasteiger partial charge in [-0.25, -0.2) is 14.8 Å². The number of fused-ring (bicyclic) bond motifs is 2. The number of carbonyl (C=O) groups is 2. The van der Waals surface area contributed by atoms with Gasteiger partial charge in [-0.15, -0.1) is 0 Å². The van der Waals surface area contributed by atoms with E-state index in [1.165, 1.54) is 39.7 Å². The molecule has 6 aromatic heterocycles. The molecule has 0 radical (unpaired) electrons. The highest BCUT2D eigenvalue weighted by molar-refractivity contribution is 6.01. The molecule has 0 aromatic carbocycles. The Morgan fingerprint density at radius 1 is 0.672 bits per heavy atom. The lowest BCUT2D eigenvalue weighted by Crippen LogP contribution is -2.36. The van der Waals surface area contributed by atoms with Crippen LogP contribution < -0.4 is 21.8 Å². The van der Waals surface area contributed by atoms with Crippen LogP contribution in [0.3, 0.4) is 0 Å². The number of alkyl halides is 6. The van der Waals surface area contributed by atoms with Crippen LogP contribution in [0.25, 0.3) is 44.1 Å². The first kappa shape index (κ1) is 47.6. The molecule has 2 aliphatic heterocycles. The molecule has 2 atom stereocenters. The van der Waals surface area contributed by atoms with Crippen molar-refractivity contribution in [3.63, 3.8) is 0 Å². The van der Waals surface area contributed by atoms with Gasteiger partial charge in [-0.2, -0.15) is 26.3 Å². The van der Waals surface area contributed by atoms with Crippen LogP contribution in [0.2, 0.25) is 0 Å². The second-order valence-corrected chi connectivity index (χ2v) is 17.1. The Hall–Kier alpha value is -7.32. The van der Waals surface area contributed by atoms with Crippen LogP contribution in [0, 0.1) is 0 Å². The number of amides is 2. The maximum absolute atomic E-state index is 13.1. The minimum atomic E-state index is -4.50. The molecule has 6 aromatic rings. The third-order valence-corrected chi connectivity index (χ3v) is 11.2. The van der Waals surface area contributed by atoms with Gasteiger partial charge in [-0.05, 0) is 76.1 Å². The van der Waals surface area contributed by atoms with E-state index in [0.29, 0.717) is 83.3 Å². The molecule has 8 rings (SSSR count). The number of nitrogens with zero attached hydrogens (tertiary/aromatic N) is 8. The summed E-state index contributed by atoms with van der Waals surface area (Å²) in [6.07, 6.45) is 0.858. The van der Waals surface area contributed by atoms with Gasteiger partial charge in [0.15, 0.2) is 0 Å². The number of hydrogen-bond acceptors (Lipinski definition) is 11. The van der Waals surface area contributed by atoms with Gasteiger partial charge in [0, 0.05) is 111 Å². The van der Waals surface area contributed by atoms with E-state index in [0.717, 1.165) is 24.5 Å². The molecule has 8 heterocycles.